The maximum Gasteiger partial charge on any atom is 0.230 e. The number of benzene rings is 2. The topological polar surface area (TPSA) is 76.3 Å². The van der Waals surface area contributed by atoms with Crippen LogP contribution in [0.3, 0.4) is 0 Å². The van der Waals surface area contributed by atoms with E-state index in [9.17, 15) is 13.4 Å². The summed E-state index contributed by atoms with van der Waals surface area (Å²) < 4.78 is 25.1. The molecule has 1 amide bonds. The molecule has 0 saturated heterocycles. The summed E-state index contributed by atoms with van der Waals surface area (Å²) in [7, 11) is -1.58. The maximum atomic E-state index is 13.5. The Kier molecular flexibility index (Phi) is 4.72. The molecule has 30 heavy (non-hydrogen) atoms. The van der Waals surface area contributed by atoms with Gasteiger partial charge in [0, 0.05) is 23.7 Å². The summed E-state index contributed by atoms with van der Waals surface area (Å²) in [5.41, 5.74) is 5.58. The molecule has 2 aromatic carbocycles. The van der Waals surface area contributed by atoms with Crippen LogP contribution in [0, 0.1) is 11.9 Å². The molecule has 2 heterocycles. The largest absolute Gasteiger partial charge is 0.312 e. The highest BCUT2D eigenvalue weighted by molar-refractivity contribution is 7.82. The van der Waals surface area contributed by atoms with Crippen LogP contribution in [-0.4, -0.2) is 21.6 Å². The van der Waals surface area contributed by atoms with Gasteiger partial charge in [0.15, 0.2) is 0 Å². The summed E-state index contributed by atoms with van der Waals surface area (Å²) in [4.78, 5) is 19.6. The van der Waals surface area contributed by atoms with E-state index in [0.717, 1.165) is 34.4 Å². The molecule has 3 aromatic rings. The first-order valence-electron chi connectivity index (χ1n) is 9.85. The molecule has 0 radical (unpaired) electrons. The Morgan fingerprint density at radius 1 is 1.07 bits per heavy atom. The summed E-state index contributed by atoms with van der Waals surface area (Å²) in [5.74, 6) is -0.574. The first kappa shape index (κ1) is 19.1. The molecule has 5 rings (SSSR count). The smallest absolute Gasteiger partial charge is 0.230 e. The van der Waals surface area contributed by atoms with Crippen molar-refractivity contribution in [2.75, 3.05) is 11.4 Å². The normalized spacial score (nSPS) is 18.2. The lowest BCUT2D eigenvalue weighted by atomic mass is 10.0. The summed E-state index contributed by atoms with van der Waals surface area (Å²) in [6.45, 7) is 0.625. The molecule has 1 aliphatic heterocycles. The molecule has 2 aliphatic rings. The van der Waals surface area contributed by atoms with Crippen LogP contribution in [0.15, 0.2) is 59.5 Å². The molecule has 152 valence electrons. The van der Waals surface area contributed by atoms with E-state index >= 15 is 0 Å². The van der Waals surface area contributed by atoms with Gasteiger partial charge in [0.25, 0.3) is 0 Å². The standard InChI is InChI=1S/C23H20FN3O2S/c24-22-3-1-2-20(26-22)16-5-4-15-10-18(12-17(15)11-16)23(28)27-9-8-14-6-7-19(30(25)29)13-21(14)27/h1-7,11,13,18H,8-10,12,25H2. The fourth-order valence-electron chi connectivity index (χ4n) is 4.45. The summed E-state index contributed by atoms with van der Waals surface area (Å²) in [6, 6.07) is 16.1. The molecular formula is C23H20FN3O2S. The first-order chi connectivity index (χ1) is 14.5. The fourth-order valence-corrected chi connectivity index (χ4v) is 4.88. The van der Waals surface area contributed by atoms with Gasteiger partial charge in [0.2, 0.25) is 11.9 Å². The van der Waals surface area contributed by atoms with Gasteiger partial charge in [-0.1, -0.05) is 24.3 Å². The second-order valence-corrected chi connectivity index (χ2v) is 8.83. The van der Waals surface area contributed by atoms with Crippen molar-refractivity contribution in [1.29, 1.82) is 0 Å². The van der Waals surface area contributed by atoms with E-state index in [-0.39, 0.29) is 11.8 Å². The molecule has 0 bridgehead atoms. The minimum absolute atomic E-state index is 0.0790. The lowest BCUT2D eigenvalue weighted by Crippen LogP contribution is -2.35. The first-order valence-corrected chi connectivity index (χ1v) is 11.1. The van der Waals surface area contributed by atoms with Crippen LogP contribution in [0.5, 0.6) is 0 Å². The van der Waals surface area contributed by atoms with Gasteiger partial charge in [-0.05, 0) is 66.3 Å². The van der Waals surface area contributed by atoms with Gasteiger partial charge < -0.3 is 4.90 Å². The molecule has 5 nitrogen and oxygen atoms in total. The zero-order chi connectivity index (χ0) is 20.8. The molecule has 2 unspecified atom stereocenters. The SMILES string of the molecule is NS(=O)c1ccc2c(c1)N(C(=O)C1Cc3ccc(-c4cccc(F)n4)cc3C1)CC2. The number of nitrogens with two attached hydrogens (primary N) is 1. The number of amides is 1. The maximum absolute atomic E-state index is 13.5. The predicted molar refractivity (Wildman–Crippen MR) is 114 cm³/mol. The van der Waals surface area contributed by atoms with E-state index < -0.39 is 16.9 Å². The van der Waals surface area contributed by atoms with Gasteiger partial charge in [0.1, 0.15) is 11.0 Å². The quantitative estimate of drug-likeness (QED) is 0.660. The summed E-state index contributed by atoms with van der Waals surface area (Å²) in [6.07, 6.45) is 2.11. The monoisotopic (exact) mass is 421 g/mol. The van der Waals surface area contributed by atoms with E-state index in [0.29, 0.717) is 30.0 Å². The molecule has 7 heteroatoms. The van der Waals surface area contributed by atoms with Crippen molar-refractivity contribution >= 4 is 22.6 Å². The Hall–Kier alpha value is -2.90. The molecule has 1 aliphatic carbocycles. The minimum atomic E-state index is -1.58. The van der Waals surface area contributed by atoms with Gasteiger partial charge in [-0.25, -0.2) is 14.3 Å². The number of hydrogen-bond acceptors (Lipinski definition) is 3. The number of nitrogens with zero attached hydrogens (tertiary/aromatic N) is 2. The number of fused-ring (bicyclic) bond motifs is 2. The number of rotatable bonds is 3. The number of hydrogen-bond donors (Lipinski definition) is 1. The number of anilines is 1. The zero-order valence-corrected chi connectivity index (χ0v) is 17.0. The van der Waals surface area contributed by atoms with Gasteiger partial charge in [0.05, 0.1) is 10.6 Å². The highest BCUT2D eigenvalue weighted by atomic mass is 32.2. The van der Waals surface area contributed by atoms with Gasteiger partial charge in [-0.15, -0.1) is 0 Å². The van der Waals surface area contributed by atoms with E-state index in [1.54, 1.807) is 29.2 Å². The third-order valence-corrected chi connectivity index (χ3v) is 6.67. The Balaban J connectivity index is 1.39. The van der Waals surface area contributed by atoms with Crippen molar-refractivity contribution in [2.45, 2.75) is 24.2 Å². The summed E-state index contributed by atoms with van der Waals surface area (Å²) in [5, 5.41) is 5.52. The fraction of sp³-hybridized carbons (Fsp3) is 0.217. The second kappa shape index (κ2) is 7.41. The Morgan fingerprint density at radius 2 is 1.87 bits per heavy atom. The molecule has 0 saturated carbocycles. The molecule has 0 fully saturated rings. The highest BCUT2D eigenvalue weighted by Crippen LogP contribution is 2.35. The number of pyridine rings is 1. The van der Waals surface area contributed by atoms with Crippen LogP contribution in [0.2, 0.25) is 0 Å². The average molecular weight is 421 g/mol. The van der Waals surface area contributed by atoms with Crippen LogP contribution in [0.25, 0.3) is 11.3 Å². The van der Waals surface area contributed by atoms with Crippen molar-refractivity contribution < 1.29 is 13.4 Å². The Morgan fingerprint density at radius 3 is 2.67 bits per heavy atom. The lowest BCUT2D eigenvalue weighted by molar-refractivity contribution is -0.122. The van der Waals surface area contributed by atoms with E-state index in [2.05, 4.69) is 4.98 Å². The van der Waals surface area contributed by atoms with Gasteiger partial charge in [-0.3, -0.25) is 4.79 Å². The third kappa shape index (κ3) is 3.34. The van der Waals surface area contributed by atoms with Crippen molar-refractivity contribution in [1.82, 2.24) is 4.98 Å². The van der Waals surface area contributed by atoms with E-state index in [1.807, 2.05) is 24.3 Å². The number of carbonyl (C=O) groups excluding carboxylic acids is 1. The van der Waals surface area contributed by atoms with Crippen molar-refractivity contribution in [3.05, 3.63) is 77.2 Å². The van der Waals surface area contributed by atoms with Crippen LogP contribution in [-0.2, 0) is 35.0 Å². The Labute approximate surface area is 176 Å². The minimum Gasteiger partial charge on any atom is -0.312 e. The molecule has 1 aromatic heterocycles. The van der Waals surface area contributed by atoms with Crippen LogP contribution in [0.4, 0.5) is 10.1 Å². The molecule has 2 N–H and O–H groups in total. The van der Waals surface area contributed by atoms with Crippen LogP contribution >= 0.6 is 0 Å². The van der Waals surface area contributed by atoms with Crippen molar-refractivity contribution in [3.8, 4) is 11.3 Å². The Bertz CT molecular complexity index is 1200. The van der Waals surface area contributed by atoms with Crippen molar-refractivity contribution in [3.63, 3.8) is 0 Å². The average Bonchev–Trinajstić information content (AvgIpc) is 3.36. The molecule has 2 atom stereocenters. The second-order valence-electron chi connectivity index (χ2n) is 7.76. The third-order valence-electron chi connectivity index (χ3n) is 5.95. The van der Waals surface area contributed by atoms with E-state index in [4.69, 9.17) is 5.14 Å². The van der Waals surface area contributed by atoms with Crippen LogP contribution in [0.1, 0.15) is 16.7 Å². The van der Waals surface area contributed by atoms with Gasteiger partial charge >= 0.3 is 0 Å². The summed E-state index contributed by atoms with van der Waals surface area (Å²) >= 11 is 0. The van der Waals surface area contributed by atoms with E-state index in [1.165, 1.54) is 6.07 Å². The highest BCUT2D eigenvalue weighted by Gasteiger charge is 2.34. The lowest BCUT2D eigenvalue weighted by Gasteiger charge is -2.21. The molecular weight excluding hydrogens is 401 g/mol. The van der Waals surface area contributed by atoms with Crippen molar-refractivity contribution in [2.24, 2.45) is 11.1 Å². The van der Waals surface area contributed by atoms with Crippen LogP contribution < -0.4 is 10.0 Å². The number of aromatic nitrogens is 1. The number of halogens is 1. The molecule has 0 spiro atoms. The van der Waals surface area contributed by atoms with Gasteiger partial charge in [-0.2, -0.15) is 4.39 Å². The predicted octanol–water partition coefficient (Wildman–Crippen LogP) is 3.17. The number of carbonyl (C=O) groups is 1. The zero-order valence-electron chi connectivity index (χ0n) is 16.2.